The number of halogens is 2. The van der Waals surface area contributed by atoms with Crippen molar-refractivity contribution in [2.45, 2.75) is 12.6 Å². The van der Waals surface area contributed by atoms with Crippen molar-refractivity contribution < 1.29 is 0 Å². The normalized spacial score (nSPS) is 20.2. The fraction of sp³-hybridized carbons (Fsp3) is 0.357. The highest BCUT2D eigenvalue weighted by Gasteiger charge is 2.24. The van der Waals surface area contributed by atoms with Crippen LogP contribution in [0.5, 0.6) is 0 Å². The zero-order valence-electron chi connectivity index (χ0n) is 10.9. The molecule has 3 rings (SSSR count). The number of piperazine rings is 1. The van der Waals surface area contributed by atoms with E-state index in [9.17, 15) is 0 Å². The zero-order chi connectivity index (χ0) is 13.9. The van der Waals surface area contributed by atoms with Gasteiger partial charge in [-0.3, -0.25) is 4.90 Å². The van der Waals surface area contributed by atoms with Crippen molar-refractivity contribution in [1.82, 2.24) is 15.2 Å². The minimum absolute atomic E-state index is 0.324. The van der Waals surface area contributed by atoms with Crippen LogP contribution in [-0.4, -0.2) is 29.5 Å². The van der Waals surface area contributed by atoms with Gasteiger partial charge in [-0.2, -0.15) is 0 Å². The summed E-state index contributed by atoms with van der Waals surface area (Å²) in [6.07, 6.45) is 1.72. The third-order valence-corrected chi connectivity index (χ3v) is 4.79. The maximum atomic E-state index is 6.11. The van der Waals surface area contributed by atoms with E-state index >= 15 is 0 Å². The quantitative estimate of drug-likeness (QED) is 0.933. The highest BCUT2D eigenvalue weighted by atomic mass is 35.5. The van der Waals surface area contributed by atoms with Gasteiger partial charge in [-0.05, 0) is 17.7 Å². The summed E-state index contributed by atoms with van der Waals surface area (Å²) in [5.74, 6) is 0. The molecule has 1 aliphatic rings. The molecular formula is C14H15Cl2N3S. The van der Waals surface area contributed by atoms with E-state index in [1.165, 1.54) is 5.56 Å². The van der Waals surface area contributed by atoms with Crippen molar-refractivity contribution in [3.8, 4) is 0 Å². The number of nitrogens with one attached hydrogen (secondary N) is 1. The molecule has 3 nitrogen and oxygen atoms in total. The van der Waals surface area contributed by atoms with Gasteiger partial charge in [0.2, 0.25) is 0 Å². The van der Waals surface area contributed by atoms with Crippen LogP contribution in [0.3, 0.4) is 0 Å². The number of thiazole rings is 1. The summed E-state index contributed by atoms with van der Waals surface area (Å²) in [7, 11) is 0. The predicted octanol–water partition coefficient (Wildman–Crippen LogP) is 3.60. The van der Waals surface area contributed by atoms with Crippen molar-refractivity contribution in [2.24, 2.45) is 0 Å². The Morgan fingerprint density at radius 2 is 2.30 bits per heavy atom. The first-order chi connectivity index (χ1) is 9.72. The van der Waals surface area contributed by atoms with Gasteiger partial charge in [0.15, 0.2) is 0 Å². The van der Waals surface area contributed by atoms with Gasteiger partial charge in [-0.25, -0.2) is 4.98 Å². The monoisotopic (exact) mass is 327 g/mol. The Hall–Kier alpha value is -0.650. The lowest BCUT2D eigenvalue weighted by Crippen LogP contribution is -2.45. The van der Waals surface area contributed by atoms with Gasteiger partial charge in [0.25, 0.3) is 0 Å². The Balaban J connectivity index is 1.80. The molecule has 6 heteroatoms. The molecule has 0 radical (unpaired) electrons. The van der Waals surface area contributed by atoms with Gasteiger partial charge in [0.05, 0.1) is 12.7 Å². The molecule has 0 amide bonds. The second kappa shape index (κ2) is 6.41. The average Bonchev–Trinajstić information content (AvgIpc) is 2.85. The smallest absolute Gasteiger partial charge is 0.113 e. The Kier molecular flexibility index (Phi) is 4.58. The molecular weight excluding hydrogens is 313 g/mol. The number of nitrogens with zero attached hydrogens (tertiary/aromatic N) is 2. The molecule has 0 bridgehead atoms. The minimum Gasteiger partial charge on any atom is -0.314 e. The van der Waals surface area contributed by atoms with Crippen LogP contribution in [0.15, 0.2) is 30.5 Å². The van der Waals surface area contributed by atoms with Crippen LogP contribution >= 0.6 is 34.5 Å². The van der Waals surface area contributed by atoms with Crippen LogP contribution in [0, 0.1) is 0 Å². The lowest BCUT2D eigenvalue weighted by Gasteiger charge is -2.36. The Morgan fingerprint density at radius 1 is 1.40 bits per heavy atom. The summed E-state index contributed by atoms with van der Waals surface area (Å²) < 4.78 is 0.745. The second-order valence-electron chi connectivity index (χ2n) is 4.80. The van der Waals surface area contributed by atoms with Gasteiger partial charge < -0.3 is 5.32 Å². The lowest BCUT2D eigenvalue weighted by atomic mass is 10.0. The Labute approximate surface area is 132 Å². The summed E-state index contributed by atoms with van der Waals surface area (Å²) in [5.41, 5.74) is 1.24. The zero-order valence-corrected chi connectivity index (χ0v) is 13.2. The summed E-state index contributed by atoms with van der Waals surface area (Å²) in [5, 5.41) is 5.29. The summed E-state index contributed by atoms with van der Waals surface area (Å²) in [6, 6.07) is 8.41. The van der Waals surface area contributed by atoms with Crippen molar-refractivity contribution in [3.05, 3.63) is 50.4 Å². The first-order valence-corrected chi connectivity index (χ1v) is 8.10. The van der Waals surface area contributed by atoms with Crippen LogP contribution in [-0.2, 0) is 6.54 Å². The maximum absolute atomic E-state index is 6.11. The molecule has 1 atom stereocenters. The van der Waals surface area contributed by atoms with Crippen molar-refractivity contribution in [3.63, 3.8) is 0 Å². The van der Waals surface area contributed by atoms with Crippen LogP contribution in [0.25, 0.3) is 0 Å². The molecule has 1 saturated heterocycles. The number of aromatic nitrogens is 1. The van der Waals surface area contributed by atoms with Gasteiger partial charge in [-0.1, -0.05) is 35.3 Å². The second-order valence-corrected chi connectivity index (χ2v) is 6.99. The van der Waals surface area contributed by atoms with Crippen molar-refractivity contribution >= 4 is 34.5 Å². The number of hydrogen-bond donors (Lipinski definition) is 1. The molecule has 1 unspecified atom stereocenters. The first kappa shape index (κ1) is 14.3. The van der Waals surface area contributed by atoms with Gasteiger partial charge in [0, 0.05) is 30.7 Å². The molecule has 1 aromatic carbocycles. The van der Waals surface area contributed by atoms with Crippen LogP contribution in [0.2, 0.25) is 9.36 Å². The minimum atomic E-state index is 0.324. The molecule has 1 aliphatic heterocycles. The third-order valence-electron chi connectivity index (χ3n) is 3.45. The molecule has 0 spiro atoms. The molecule has 0 aliphatic carbocycles. The first-order valence-electron chi connectivity index (χ1n) is 6.53. The van der Waals surface area contributed by atoms with E-state index < -0.39 is 0 Å². The lowest BCUT2D eigenvalue weighted by molar-refractivity contribution is 0.153. The van der Waals surface area contributed by atoms with Gasteiger partial charge in [-0.15, -0.1) is 11.3 Å². The number of benzene rings is 1. The van der Waals surface area contributed by atoms with Crippen LogP contribution < -0.4 is 5.32 Å². The molecule has 1 aromatic heterocycles. The van der Waals surface area contributed by atoms with E-state index in [4.69, 9.17) is 23.2 Å². The highest BCUT2D eigenvalue weighted by molar-refractivity contribution is 7.15. The standard InChI is InChI=1S/C14H15Cl2N3S/c15-11-3-1-2-10(6-11)12-7-17-4-5-19(12)9-14-18-8-13(16)20-14/h1-3,6,8,12,17H,4-5,7,9H2. The van der Waals surface area contributed by atoms with Crippen LogP contribution in [0.1, 0.15) is 16.6 Å². The predicted molar refractivity (Wildman–Crippen MR) is 84.6 cm³/mol. The van der Waals surface area contributed by atoms with Crippen molar-refractivity contribution in [2.75, 3.05) is 19.6 Å². The molecule has 20 heavy (non-hydrogen) atoms. The fourth-order valence-electron chi connectivity index (χ4n) is 2.51. The Bertz CT molecular complexity index is 587. The molecule has 2 aromatic rings. The molecule has 106 valence electrons. The topological polar surface area (TPSA) is 28.2 Å². The van der Waals surface area contributed by atoms with Crippen molar-refractivity contribution in [1.29, 1.82) is 0 Å². The third kappa shape index (κ3) is 3.32. The number of hydrogen-bond acceptors (Lipinski definition) is 4. The van der Waals surface area contributed by atoms with E-state index in [1.807, 2.05) is 18.2 Å². The van der Waals surface area contributed by atoms with E-state index in [0.717, 1.165) is 40.5 Å². The SMILES string of the molecule is Clc1cccc(C2CNCCN2Cc2ncc(Cl)s2)c1. The number of rotatable bonds is 3. The molecule has 0 saturated carbocycles. The summed E-state index contributed by atoms with van der Waals surface area (Å²) in [4.78, 5) is 6.78. The Morgan fingerprint density at radius 3 is 3.05 bits per heavy atom. The largest absolute Gasteiger partial charge is 0.314 e. The molecule has 1 fully saturated rings. The van der Waals surface area contributed by atoms with Gasteiger partial charge >= 0.3 is 0 Å². The maximum Gasteiger partial charge on any atom is 0.113 e. The molecule has 2 heterocycles. The summed E-state index contributed by atoms with van der Waals surface area (Å²) in [6.45, 7) is 3.75. The average molecular weight is 328 g/mol. The van der Waals surface area contributed by atoms with E-state index in [-0.39, 0.29) is 0 Å². The van der Waals surface area contributed by atoms with Crippen LogP contribution in [0.4, 0.5) is 0 Å². The fourth-order valence-corrected chi connectivity index (χ4v) is 3.69. The van der Waals surface area contributed by atoms with E-state index in [1.54, 1.807) is 17.5 Å². The van der Waals surface area contributed by atoms with E-state index in [0.29, 0.717) is 6.04 Å². The summed E-state index contributed by atoms with van der Waals surface area (Å²) >= 11 is 13.6. The molecule has 1 N–H and O–H groups in total. The van der Waals surface area contributed by atoms with Gasteiger partial charge in [0.1, 0.15) is 9.34 Å². The van der Waals surface area contributed by atoms with E-state index in [2.05, 4.69) is 21.3 Å². The highest BCUT2D eigenvalue weighted by Crippen LogP contribution is 2.28.